The highest BCUT2D eigenvalue weighted by molar-refractivity contribution is 7.90. The van der Waals surface area contributed by atoms with E-state index in [0.717, 1.165) is 12.8 Å². The molecule has 7 atom stereocenters. The maximum atomic E-state index is 14.9. The summed E-state index contributed by atoms with van der Waals surface area (Å²) in [4.78, 5) is 58.3. The summed E-state index contributed by atoms with van der Waals surface area (Å²) < 4.78 is 45.7. The van der Waals surface area contributed by atoms with Crippen molar-refractivity contribution in [3.05, 3.63) is 36.5 Å². The van der Waals surface area contributed by atoms with Crippen molar-refractivity contribution in [1.29, 1.82) is 0 Å². The molecule has 6 rings (SSSR count). The first-order valence-corrected chi connectivity index (χ1v) is 20.8. The molecule has 1 saturated heterocycles. The predicted molar refractivity (Wildman–Crippen MR) is 201 cm³/mol. The van der Waals surface area contributed by atoms with Crippen LogP contribution < -0.4 is 14.2 Å². The van der Waals surface area contributed by atoms with E-state index in [-0.39, 0.29) is 55.3 Å². The molecule has 2 saturated carbocycles. The Kier molecular flexibility index (Phi) is 11.4. The third-order valence-corrected chi connectivity index (χ3v) is 13.2. The number of amides is 2. The van der Waals surface area contributed by atoms with Crippen molar-refractivity contribution in [2.45, 2.75) is 122 Å². The number of ketones is 1. The number of hydrogen-bond donors (Lipinski definition) is 1. The average molecular weight is 767 g/mol. The molecule has 2 amide bonds. The number of rotatable bonds is 9. The van der Waals surface area contributed by atoms with Crippen LogP contribution in [0.15, 0.2) is 36.5 Å². The average Bonchev–Trinajstić information content (AvgIpc) is 4.03. The Hall–Kier alpha value is -4.07. The van der Waals surface area contributed by atoms with Crippen molar-refractivity contribution in [2.75, 3.05) is 13.7 Å². The zero-order chi connectivity index (χ0) is 39.0. The smallest absolute Gasteiger partial charge is 0.307 e. The van der Waals surface area contributed by atoms with Crippen LogP contribution >= 0.6 is 0 Å². The summed E-state index contributed by atoms with van der Waals surface area (Å²) >= 11 is 0. The number of sulfonamides is 1. The summed E-state index contributed by atoms with van der Waals surface area (Å²) in [5, 5.41) is 8.40. The molecule has 54 heavy (non-hydrogen) atoms. The highest BCUT2D eigenvalue weighted by Crippen LogP contribution is 2.57. The van der Waals surface area contributed by atoms with Crippen molar-refractivity contribution in [3.8, 4) is 11.5 Å². The predicted octanol–water partition coefficient (Wildman–Crippen LogP) is 5.31. The highest BCUT2D eigenvalue weighted by Gasteiger charge is 2.61. The number of hydrogen-bond acceptors (Lipinski definition) is 11. The zero-order valence-corrected chi connectivity index (χ0v) is 33.0. The lowest BCUT2D eigenvalue weighted by Crippen LogP contribution is -2.48. The number of carbonyl (C=O) groups excluding carboxylic acids is 4. The third kappa shape index (κ3) is 8.90. The second kappa shape index (κ2) is 15.6. The molecule has 1 N–H and O–H groups in total. The van der Waals surface area contributed by atoms with E-state index in [1.54, 1.807) is 40.0 Å². The van der Waals surface area contributed by atoms with Gasteiger partial charge < -0.3 is 19.1 Å². The van der Waals surface area contributed by atoms with E-state index in [4.69, 9.17) is 14.2 Å². The molecule has 1 aromatic carbocycles. The second-order valence-electron chi connectivity index (χ2n) is 16.8. The maximum absolute atomic E-state index is 14.9. The van der Waals surface area contributed by atoms with Crippen LogP contribution in [0, 0.1) is 29.1 Å². The summed E-state index contributed by atoms with van der Waals surface area (Å²) in [6, 6.07) is 4.36. The van der Waals surface area contributed by atoms with Crippen molar-refractivity contribution in [2.24, 2.45) is 29.1 Å². The number of Topliss-reactive ketones (excluding diaryl/α,β-unsaturated/α-hetero) is 1. The van der Waals surface area contributed by atoms with E-state index in [1.165, 1.54) is 11.1 Å². The zero-order valence-electron chi connectivity index (χ0n) is 32.2. The van der Waals surface area contributed by atoms with Crippen molar-refractivity contribution in [1.82, 2.24) is 19.8 Å². The number of aromatic nitrogens is 2. The van der Waals surface area contributed by atoms with Crippen molar-refractivity contribution in [3.63, 3.8) is 0 Å². The van der Waals surface area contributed by atoms with Crippen LogP contribution in [-0.2, 0) is 33.9 Å². The van der Waals surface area contributed by atoms with Gasteiger partial charge in [-0.3, -0.25) is 23.9 Å². The number of allylic oxidation sites excluding steroid dienone is 2. The first-order chi connectivity index (χ1) is 25.5. The number of esters is 1. The Bertz CT molecular complexity index is 1910. The minimum absolute atomic E-state index is 0.0601. The molecule has 2 aliphatic heterocycles. The molecule has 0 spiro atoms. The van der Waals surface area contributed by atoms with Gasteiger partial charge in [0.25, 0.3) is 0 Å². The van der Waals surface area contributed by atoms with E-state index in [9.17, 15) is 27.6 Å². The lowest BCUT2D eigenvalue weighted by Gasteiger charge is -2.33. The van der Waals surface area contributed by atoms with Gasteiger partial charge in [-0.25, -0.2) is 8.42 Å². The number of nitrogens with one attached hydrogen (secondary N) is 1. The Labute approximate surface area is 318 Å². The van der Waals surface area contributed by atoms with Gasteiger partial charge in [0, 0.05) is 24.3 Å². The molecule has 0 unspecified atom stereocenters. The number of nitrogens with zero attached hydrogens (tertiary/aromatic N) is 3. The lowest BCUT2D eigenvalue weighted by molar-refractivity contribution is -0.160. The highest BCUT2D eigenvalue weighted by atomic mass is 32.2. The Balaban J connectivity index is 1.36. The summed E-state index contributed by atoms with van der Waals surface area (Å²) in [6.07, 6.45) is 8.80. The summed E-state index contributed by atoms with van der Waals surface area (Å²) in [6.45, 7) is 9.57. The van der Waals surface area contributed by atoms with Gasteiger partial charge in [-0.15, -0.1) is 0 Å². The largest absolute Gasteiger partial charge is 0.497 e. The lowest BCUT2D eigenvalue weighted by atomic mass is 9.79. The summed E-state index contributed by atoms with van der Waals surface area (Å²) in [7, 11) is -2.30. The van der Waals surface area contributed by atoms with Crippen LogP contribution in [0.4, 0.5) is 0 Å². The van der Waals surface area contributed by atoms with Gasteiger partial charge in [0.1, 0.15) is 28.7 Å². The van der Waals surface area contributed by atoms with Gasteiger partial charge in [0.2, 0.25) is 21.8 Å². The van der Waals surface area contributed by atoms with Crippen molar-refractivity contribution < 1.29 is 41.8 Å². The molecular formula is C40H54N4O9S. The van der Waals surface area contributed by atoms with Crippen LogP contribution in [0.3, 0.4) is 0 Å². The number of methoxy groups -OCH3 is 1. The number of ether oxygens (including phenoxy) is 3. The first kappa shape index (κ1) is 39.6. The van der Waals surface area contributed by atoms with Crippen LogP contribution in [-0.4, -0.2) is 83.7 Å². The first-order valence-electron chi connectivity index (χ1n) is 19.3. The number of benzene rings is 1. The Morgan fingerprint density at radius 2 is 1.87 bits per heavy atom. The fourth-order valence-corrected chi connectivity index (χ4v) is 9.61. The van der Waals surface area contributed by atoms with E-state index >= 15 is 0 Å². The van der Waals surface area contributed by atoms with Gasteiger partial charge in [-0.05, 0) is 89.2 Å². The maximum Gasteiger partial charge on any atom is 0.307 e. The van der Waals surface area contributed by atoms with Gasteiger partial charge in [-0.2, -0.15) is 10.2 Å². The fourth-order valence-electron chi connectivity index (χ4n) is 8.22. The van der Waals surface area contributed by atoms with Crippen LogP contribution in [0.5, 0.6) is 11.5 Å². The Morgan fingerprint density at radius 3 is 2.56 bits per heavy atom. The normalized spacial score (nSPS) is 30.0. The van der Waals surface area contributed by atoms with E-state index in [1.807, 2.05) is 25.1 Å². The molecular weight excluding hydrogens is 713 g/mol. The molecule has 14 heteroatoms. The molecule has 3 fully saturated rings. The quantitative estimate of drug-likeness (QED) is 0.259. The third-order valence-electron chi connectivity index (χ3n) is 11.4. The van der Waals surface area contributed by atoms with E-state index in [0.29, 0.717) is 54.5 Å². The van der Waals surface area contributed by atoms with Crippen LogP contribution in [0.25, 0.3) is 10.9 Å². The van der Waals surface area contributed by atoms with Gasteiger partial charge in [-0.1, -0.05) is 32.4 Å². The van der Waals surface area contributed by atoms with Gasteiger partial charge in [0.05, 0.1) is 48.9 Å². The van der Waals surface area contributed by atoms with E-state index in [2.05, 4.69) is 21.8 Å². The molecule has 4 aliphatic rings. The molecule has 3 heterocycles. The molecule has 1 aromatic heterocycles. The van der Waals surface area contributed by atoms with Gasteiger partial charge in [0.15, 0.2) is 5.78 Å². The molecule has 2 aromatic rings. The second-order valence-corrected chi connectivity index (χ2v) is 18.7. The van der Waals surface area contributed by atoms with Crippen LogP contribution in [0.2, 0.25) is 0 Å². The summed E-state index contributed by atoms with van der Waals surface area (Å²) in [5.41, 5.74) is -1.45. The number of carbonyl (C=O) groups is 4. The van der Waals surface area contributed by atoms with Crippen molar-refractivity contribution >= 4 is 44.5 Å². The topological polar surface area (TPSA) is 171 Å². The molecule has 2 aliphatic carbocycles. The van der Waals surface area contributed by atoms with Gasteiger partial charge >= 0.3 is 5.97 Å². The molecule has 294 valence electrons. The van der Waals surface area contributed by atoms with E-state index < -0.39 is 56.2 Å². The molecule has 0 radical (unpaired) electrons. The molecule has 13 nitrogen and oxygen atoms in total. The standard InChI is InChI=1S/C40H54N4O9S/c1-7-25-16-24(2)10-8-9-11-26-20-40(26,38(48)43-54(49,50)29-13-14-29)21-34(45)33-18-28(23-44(33)37(47)31(25)19-36(46)53-39(3,4)5)52-35-22-41-42-32-17-27(51-6)12-15-30(32)35/h9,11-12,15,17,22,24-26,28-29,31,33H,7-8,10,13-14,16,18-21,23H2,1-6H3,(H,43,48)/b11-9-/t24-,25-,26-,28-,31+,33+,40-/m1/s1. The minimum atomic E-state index is -3.85. The minimum Gasteiger partial charge on any atom is -0.497 e. The SMILES string of the molecule is CC[C@@H]1C[C@H](C)CC/C=C\[C@@H]2C[C@@]2(C(=O)NS(=O)(=O)C2CC2)CC(=O)[C@@H]2C[C@@H](Oc3cnnc4cc(OC)ccc34)CN2C(=O)[C@H]1CC(=O)OC(C)(C)C. The van der Waals surface area contributed by atoms with Crippen LogP contribution in [0.1, 0.15) is 98.8 Å². The number of fused-ring (bicyclic) bond motifs is 3. The monoisotopic (exact) mass is 766 g/mol. The summed E-state index contributed by atoms with van der Waals surface area (Å²) in [5.74, 6) is -1.83. The fraction of sp³-hybridized carbons (Fsp3) is 0.650. The Morgan fingerprint density at radius 1 is 1.11 bits per heavy atom. The molecule has 0 bridgehead atoms.